The molecular formula is C13H14Cl3N3. The summed E-state index contributed by atoms with van der Waals surface area (Å²) in [6.07, 6.45) is 4.92. The number of hydrogen-bond acceptors (Lipinski definition) is 2. The van der Waals surface area contributed by atoms with Crippen LogP contribution in [-0.2, 0) is 13.1 Å². The smallest absolute Gasteiger partial charge is 0.0653 e. The fourth-order valence-electron chi connectivity index (χ4n) is 1.70. The van der Waals surface area contributed by atoms with Crippen molar-refractivity contribution in [3.8, 4) is 0 Å². The molecule has 19 heavy (non-hydrogen) atoms. The second kappa shape index (κ2) is 6.51. The minimum Gasteiger partial charge on any atom is -0.380 e. The number of rotatable bonds is 5. The fourth-order valence-corrected chi connectivity index (χ4v) is 2.32. The molecule has 0 bridgehead atoms. The first-order chi connectivity index (χ1) is 9.10. The van der Waals surface area contributed by atoms with E-state index in [1.54, 1.807) is 12.1 Å². The second-order valence-corrected chi connectivity index (χ2v) is 5.43. The van der Waals surface area contributed by atoms with E-state index in [0.29, 0.717) is 21.6 Å². The van der Waals surface area contributed by atoms with Gasteiger partial charge in [-0.1, -0.05) is 41.7 Å². The third-order valence-electron chi connectivity index (χ3n) is 2.63. The van der Waals surface area contributed by atoms with E-state index in [9.17, 15) is 0 Å². The van der Waals surface area contributed by atoms with Crippen LogP contribution in [0, 0.1) is 0 Å². The molecule has 102 valence electrons. The minimum absolute atomic E-state index is 0.452. The minimum atomic E-state index is 0.452. The van der Waals surface area contributed by atoms with Gasteiger partial charge in [0.15, 0.2) is 0 Å². The molecule has 0 aliphatic rings. The van der Waals surface area contributed by atoms with Crippen LogP contribution in [0.15, 0.2) is 24.5 Å². The van der Waals surface area contributed by atoms with Gasteiger partial charge in [-0.05, 0) is 18.6 Å². The summed E-state index contributed by atoms with van der Waals surface area (Å²) < 4.78 is 1.92. The third-order valence-corrected chi connectivity index (χ3v) is 3.67. The second-order valence-electron chi connectivity index (χ2n) is 4.21. The highest BCUT2D eigenvalue weighted by Crippen LogP contribution is 2.32. The number of aryl methyl sites for hydroxylation is 1. The van der Waals surface area contributed by atoms with Crippen LogP contribution in [0.3, 0.4) is 0 Å². The maximum atomic E-state index is 6.10. The van der Waals surface area contributed by atoms with Crippen molar-refractivity contribution in [3.05, 3.63) is 45.2 Å². The van der Waals surface area contributed by atoms with Gasteiger partial charge >= 0.3 is 0 Å². The van der Waals surface area contributed by atoms with Gasteiger partial charge in [-0.3, -0.25) is 4.68 Å². The molecule has 1 N–H and O–H groups in total. The Morgan fingerprint density at radius 1 is 1.16 bits per heavy atom. The molecular weight excluding hydrogens is 305 g/mol. The predicted molar refractivity (Wildman–Crippen MR) is 81.3 cm³/mol. The molecule has 6 heteroatoms. The molecule has 0 atom stereocenters. The molecule has 2 aromatic rings. The summed E-state index contributed by atoms with van der Waals surface area (Å²) in [4.78, 5) is 0. The first-order valence-electron chi connectivity index (χ1n) is 6.00. The van der Waals surface area contributed by atoms with Crippen molar-refractivity contribution in [1.82, 2.24) is 9.78 Å². The van der Waals surface area contributed by atoms with Crippen molar-refractivity contribution < 1.29 is 0 Å². The number of benzene rings is 1. The number of nitrogens with zero attached hydrogens (tertiary/aromatic N) is 2. The molecule has 0 saturated heterocycles. The van der Waals surface area contributed by atoms with Crippen LogP contribution in [0.25, 0.3) is 0 Å². The standard InChI is InChI=1S/C13H14Cl3N3/c1-2-3-19-8-9(7-18-19)6-17-13-5-11(15)10(14)4-12(13)16/h4-5,7-8,17H,2-3,6H2,1H3. The molecule has 0 spiro atoms. The maximum Gasteiger partial charge on any atom is 0.0653 e. The van der Waals surface area contributed by atoms with E-state index in [0.717, 1.165) is 24.2 Å². The van der Waals surface area contributed by atoms with Crippen LogP contribution >= 0.6 is 34.8 Å². The van der Waals surface area contributed by atoms with Crippen LogP contribution in [0.2, 0.25) is 15.1 Å². The van der Waals surface area contributed by atoms with Crippen molar-refractivity contribution in [2.24, 2.45) is 0 Å². The number of halogens is 3. The van der Waals surface area contributed by atoms with Crippen molar-refractivity contribution >= 4 is 40.5 Å². The zero-order chi connectivity index (χ0) is 13.8. The SMILES string of the molecule is CCCn1cc(CNc2cc(Cl)c(Cl)cc2Cl)cn1. The average Bonchev–Trinajstić information content (AvgIpc) is 2.80. The monoisotopic (exact) mass is 317 g/mol. The molecule has 1 heterocycles. The Hall–Kier alpha value is -0.900. The lowest BCUT2D eigenvalue weighted by Gasteiger charge is -2.08. The van der Waals surface area contributed by atoms with Crippen LogP contribution in [0.4, 0.5) is 5.69 Å². The third kappa shape index (κ3) is 3.78. The zero-order valence-corrected chi connectivity index (χ0v) is 12.7. The van der Waals surface area contributed by atoms with Gasteiger partial charge in [0, 0.05) is 24.8 Å². The number of nitrogens with one attached hydrogen (secondary N) is 1. The number of anilines is 1. The summed E-state index contributed by atoms with van der Waals surface area (Å²) in [6, 6.07) is 3.36. The highest BCUT2D eigenvalue weighted by Gasteiger charge is 2.06. The Bertz CT molecular complexity index is 566. The van der Waals surface area contributed by atoms with Crippen LogP contribution in [0.5, 0.6) is 0 Å². The molecule has 1 aromatic heterocycles. The van der Waals surface area contributed by atoms with E-state index >= 15 is 0 Å². The maximum absolute atomic E-state index is 6.10. The largest absolute Gasteiger partial charge is 0.380 e. The van der Waals surface area contributed by atoms with E-state index in [2.05, 4.69) is 17.3 Å². The first kappa shape index (κ1) is 14.5. The molecule has 0 amide bonds. The summed E-state index contributed by atoms with van der Waals surface area (Å²) >= 11 is 17.9. The normalized spacial score (nSPS) is 10.7. The summed E-state index contributed by atoms with van der Waals surface area (Å²) in [6.45, 7) is 3.68. The Kier molecular flexibility index (Phi) is 4.97. The lowest BCUT2D eigenvalue weighted by atomic mass is 10.3. The fraction of sp³-hybridized carbons (Fsp3) is 0.308. The van der Waals surface area contributed by atoms with Crippen molar-refractivity contribution in [1.29, 1.82) is 0 Å². The molecule has 1 aromatic carbocycles. The van der Waals surface area contributed by atoms with Crippen molar-refractivity contribution in [2.45, 2.75) is 26.4 Å². The predicted octanol–water partition coefficient (Wildman–Crippen LogP) is 4.87. The summed E-state index contributed by atoms with van der Waals surface area (Å²) in [5, 5.41) is 8.98. The Labute approximate surface area is 127 Å². The van der Waals surface area contributed by atoms with E-state index in [-0.39, 0.29) is 0 Å². The molecule has 2 rings (SSSR count). The van der Waals surface area contributed by atoms with E-state index < -0.39 is 0 Å². The molecule has 0 aliphatic carbocycles. The summed E-state index contributed by atoms with van der Waals surface area (Å²) in [7, 11) is 0. The highest BCUT2D eigenvalue weighted by atomic mass is 35.5. The van der Waals surface area contributed by atoms with Gasteiger partial charge in [-0.15, -0.1) is 0 Å². The lowest BCUT2D eigenvalue weighted by Crippen LogP contribution is -2.00. The van der Waals surface area contributed by atoms with Gasteiger partial charge in [-0.2, -0.15) is 5.10 Å². The Morgan fingerprint density at radius 3 is 2.63 bits per heavy atom. The molecule has 0 unspecified atom stereocenters. The Morgan fingerprint density at radius 2 is 1.89 bits per heavy atom. The van der Waals surface area contributed by atoms with Crippen LogP contribution in [-0.4, -0.2) is 9.78 Å². The number of aromatic nitrogens is 2. The van der Waals surface area contributed by atoms with E-state index in [1.165, 1.54) is 0 Å². The van der Waals surface area contributed by atoms with Gasteiger partial charge in [0.25, 0.3) is 0 Å². The first-order valence-corrected chi connectivity index (χ1v) is 7.13. The number of hydrogen-bond donors (Lipinski definition) is 1. The lowest BCUT2D eigenvalue weighted by molar-refractivity contribution is 0.602. The molecule has 0 aliphatic heterocycles. The topological polar surface area (TPSA) is 29.9 Å². The Balaban J connectivity index is 2.03. The average molecular weight is 319 g/mol. The van der Waals surface area contributed by atoms with Gasteiger partial charge in [0.2, 0.25) is 0 Å². The van der Waals surface area contributed by atoms with Gasteiger partial charge in [-0.25, -0.2) is 0 Å². The molecule has 3 nitrogen and oxygen atoms in total. The van der Waals surface area contributed by atoms with Crippen LogP contribution in [0.1, 0.15) is 18.9 Å². The molecule has 0 saturated carbocycles. The highest BCUT2D eigenvalue weighted by molar-refractivity contribution is 6.44. The van der Waals surface area contributed by atoms with Gasteiger partial charge < -0.3 is 5.32 Å². The summed E-state index contributed by atoms with van der Waals surface area (Å²) in [5.74, 6) is 0. The van der Waals surface area contributed by atoms with Crippen LogP contribution < -0.4 is 5.32 Å². The van der Waals surface area contributed by atoms with Crippen molar-refractivity contribution in [2.75, 3.05) is 5.32 Å². The van der Waals surface area contributed by atoms with E-state index in [1.807, 2.05) is 17.1 Å². The van der Waals surface area contributed by atoms with E-state index in [4.69, 9.17) is 34.8 Å². The quantitative estimate of drug-likeness (QED) is 0.797. The van der Waals surface area contributed by atoms with Crippen molar-refractivity contribution in [3.63, 3.8) is 0 Å². The van der Waals surface area contributed by atoms with Gasteiger partial charge in [0.05, 0.1) is 27.0 Å². The molecule has 0 fully saturated rings. The molecule has 0 radical (unpaired) electrons. The zero-order valence-electron chi connectivity index (χ0n) is 10.5. The summed E-state index contributed by atoms with van der Waals surface area (Å²) in [5.41, 5.74) is 1.86. The van der Waals surface area contributed by atoms with Gasteiger partial charge in [0.1, 0.15) is 0 Å².